The summed E-state index contributed by atoms with van der Waals surface area (Å²) in [6.07, 6.45) is 0. The lowest BCUT2D eigenvalue weighted by molar-refractivity contribution is 0.630. The molecule has 2 N–H and O–H groups in total. The zero-order valence-corrected chi connectivity index (χ0v) is 12.0. The second kappa shape index (κ2) is 4.65. The summed E-state index contributed by atoms with van der Waals surface area (Å²) >= 11 is 12.0. The lowest BCUT2D eigenvalue weighted by Crippen LogP contribution is -2.02. The maximum Gasteiger partial charge on any atom is 0.205 e. The predicted octanol–water partition coefficient (Wildman–Crippen LogP) is 4.36. The van der Waals surface area contributed by atoms with Crippen LogP contribution in [0.25, 0.3) is 16.7 Å². The van der Waals surface area contributed by atoms with E-state index in [1.54, 1.807) is 10.6 Å². The van der Waals surface area contributed by atoms with E-state index in [1.807, 2.05) is 19.1 Å². The highest BCUT2D eigenvalue weighted by atomic mass is 35.5. The molecule has 0 atom stereocenters. The molecule has 0 bridgehead atoms. The van der Waals surface area contributed by atoms with Crippen molar-refractivity contribution in [3.05, 3.63) is 51.8 Å². The third-order valence-corrected chi connectivity index (χ3v) is 3.90. The number of hydrogen-bond acceptors (Lipinski definition) is 2. The molecule has 102 valence electrons. The van der Waals surface area contributed by atoms with E-state index in [1.165, 1.54) is 12.1 Å². The first-order valence-electron chi connectivity index (χ1n) is 5.87. The molecule has 0 unspecified atom stereocenters. The second-order valence-corrected chi connectivity index (χ2v) is 5.26. The molecule has 0 spiro atoms. The Hall–Kier alpha value is -1.78. The third-order valence-electron chi connectivity index (χ3n) is 3.20. The smallest absolute Gasteiger partial charge is 0.205 e. The fourth-order valence-electron chi connectivity index (χ4n) is 2.18. The summed E-state index contributed by atoms with van der Waals surface area (Å²) in [7, 11) is 0. The Bertz CT molecular complexity index is 827. The molecule has 3 aromatic rings. The third kappa shape index (κ3) is 1.92. The molecular weight excluding hydrogens is 300 g/mol. The van der Waals surface area contributed by atoms with Gasteiger partial charge in [0.25, 0.3) is 0 Å². The molecule has 0 aliphatic heterocycles. The first-order valence-corrected chi connectivity index (χ1v) is 6.63. The largest absolute Gasteiger partial charge is 0.369 e. The number of hydrogen-bond donors (Lipinski definition) is 1. The first-order chi connectivity index (χ1) is 9.49. The molecular formula is C14H10Cl2FN3. The number of rotatable bonds is 1. The Labute approximate surface area is 124 Å². The topological polar surface area (TPSA) is 43.8 Å². The van der Waals surface area contributed by atoms with Crippen molar-refractivity contribution in [2.75, 3.05) is 5.73 Å². The highest BCUT2D eigenvalue weighted by Crippen LogP contribution is 2.30. The van der Waals surface area contributed by atoms with Crippen LogP contribution in [-0.2, 0) is 0 Å². The lowest BCUT2D eigenvalue weighted by Gasteiger charge is -2.11. The summed E-state index contributed by atoms with van der Waals surface area (Å²) < 4.78 is 15.2. The van der Waals surface area contributed by atoms with Crippen LogP contribution in [-0.4, -0.2) is 9.55 Å². The van der Waals surface area contributed by atoms with Crippen molar-refractivity contribution in [2.24, 2.45) is 0 Å². The van der Waals surface area contributed by atoms with Crippen molar-refractivity contribution in [1.29, 1.82) is 0 Å². The molecule has 0 amide bonds. The van der Waals surface area contributed by atoms with Gasteiger partial charge in [0, 0.05) is 11.1 Å². The van der Waals surface area contributed by atoms with E-state index in [0.717, 1.165) is 11.3 Å². The number of nitrogens with two attached hydrogens (primary N) is 1. The van der Waals surface area contributed by atoms with E-state index in [2.05, 4.69) is 4.98 Å². The Balaban J connectivity index is 2.39. The summed E-state index contributed by atoms with van der Waals surface area (Å²) in [6, 6.07) is 8.26. The minimum atomic E-state index is -0.522. The van der Waals surface area contributed by atoms with Crippen molar-refractivity contribution in [2.45, 2.75) is 6.92 Å². The van der Waals surface area contributed by atoms with Gasteiger partial charge in [-0.3, -0.25) is 4.57 Å². The lowest BCUT2D eigenvalue weighted by atomic mass is 10.2. The minimum Gasteiger partial charge on any atom is -0.369 e. The summed E-state index contributed by atoms with van der Waals surface area (Å²) in [4.78, 5) is 4.16. The fraction of sp³-hybridized carbons (Fsp3) is 0.0714. The Kier molecular flexibility index (Phi) is 3.07. The van der Waals surface area contributed by atoms with Gasteiger partial charge in [0.1, 0.15) is 5.82 Å². The van der Waals surface area contributed by atoms with Gasteiger partial charge in [-0.05, 0) is 30.7 Å². The van der Waals surface area contributed by atoms with Crippen molar-refractivity contribution in [3.63, 3.8) is 0 Å². The second-order valence-electron chi connectivity index (χ2n) is 4.44. The van der Waals surface area contributed by atoms with Crippen LogP contribution in [0.3, 0.4) is 0 Å². The van der Waals surface area contributed by atoms with Gasteiger partial charge in [0.05, 0.1) is 21.7 Å². The molecule has 2 aromatic carbocycles. The van der Waals surface area contributed by atoms with Crippen LogP contribution in [0.2, 0.25) is 10.0 Å². The number of halogens is 3. The molecule has 1 heterocycles. The van der Waals surface area contributed by atoms with Crippen LogP contribution >= 0.6 is 23.2 Å². The monoisotopic (exact) mass is 309 g/mol. The summed E-state index contributed by atoms with van der Waals surface area (Å²) in [5, 5.41) is 0.648. The number of imidazole rings is 1. The van der Waals surface area contributed by atoms with Crippen molar-refractivity contribution < 1.29 is 4.39 Å². The number of nitrogens with zero attached hydrogens (tertiary/aromatic N) is 2. The highest BCUT2D eigenvalue weighted by Gasteiger charge is 2.15. The van der Waals surface area contributed by atoms with Gasteiger partial charge in [0.15, 0.2) is 0 Å². The quantitative estimate of drug-likeness (QED) is 0.725. The maximum absolute atomic E-state index is 13.5. The SMILES string of the molecule is Cc1c(Cl)cccc1-n1c(N)nc2cc(F)c(Cl)cc21. The summed E-state index contributed by atoms with van der Waals surface area (Å²) in [5.41, 5.74) is 8.69. The van der Waals surface area contributed by atoms with Crippen LogP contribution in [0, 0.1) is 12.7 Å². The molecule has 3 rings (SSSR count). The van der Waals surface area contributed by atoms with E-state index < -0.39 is 5.82 Å². The standard InChI is InChI=1S/C14H10Cl2FN3/c1-7-8(15)3-2-4-12(7)20-13-5-9(16)10(17)6-11(13)19-14(20)18/h2-6H,1H3,(H2,18,19). The van der Waals surface area contributed by atoms with Gasteiger partial charge in [-0.2, -0.15) is 0 Å². The van der Waals surface area contributed by atoms with Gasteiger partial charge in [-0.1, -0.05) is 29.3 Å². The molecule has 0 aliphatic rings. The Morgan fingerprint density at radius 3 is 2.70 bits per heavy atom. The number of anilines is 1. The van der Waals surface area contributed by atoms with Gasteiger partial charge in [-0.25, -0.2) is 9.37 Å². The van der Waals surface area contributed by atoms with Crippen molar-refractivity contribution in [1.82, 2.24) is 9.55 Å². The first kappa shape index (κ1) is 13.2. The molecule has 0 saturated heterocycles. The van der Waals surface area contributed by atoms with Crippen molar-refractivity contribution in [3.8, 4) is 5.69 Å². The minimum absolute atomic E-state index is 0.0262. The number of fused-ring (bicyclic) bond motifs is 1. The van der Waals surface area contributed by atoms with Crippen LogP contribution in [0.4, 0.5) is 10.3 Å². The average molecular weight is 310 g/mol. The van der Waals surface area contributed by atoms with E-state index in [4.69, 9.17) is 28.9 Å². The van der Waals surface area contributed by atoms with E-state index in [-0.39, 0.29) is 11.0 Å². The Morgan fingerprint density at radius 2 is 1.95 bits per heavy atom. The molecule has 1 aromatic heterocycles. The molecule has 0 radical (unpaired) electrons. The molecule has 0 aliphatic carbocycles. The fourth-order valence-corrected chi connectivity index (χ4v) is 2.51. The molecule has 0 saturated carbocycles. The molecule has 20 heavy (non-hydrogen) atoms. The molecule has 6 heteroatoms. The summed E-state index contributed by atoms with van der Waals surface area (Å²) in [6.45, 7) is 1.88. The van der Waals surface area contributed by atoms with Gasteiger partial charge < -0.3 is 5.73 Å². The Morgan fingerprint density at radius 1 is 1.20 bits per heavy atom. The van der Waals surface area contributed by atoms with Gasteiger partial charge in [0.2, 0.25) is 5.95 Å². The molecule has 0 fully saturated rings. The summed E-state index contributed by atoms with van der Waals surface area (Å²) in [5.74, 6) is -0.265. The van der Waals surface area contributed by atoms with Crippen LogP contribution in [0.15, 0.2) is 30.3 Å². The number of benzene rings is 2. The van der Waals surface area contributed by atoms with Gasteiger partial charge >= 0.3 is 0 Å². The predicted molar refractivity (Wildman–Crippen MR) is 80.2 cm³/mol. The number of nitrogen functional groups attached to an aromatic ring is 1. The normalized spacial score (nSPS) is 11.2. The zero-order valence-electron chi connectivity index (χ0n) is 10.5. The van der Waals surface area contributed by atoms with Crippen LogP contribution < -0.4 is 5.73 Å². The highest BCUT2D eigenvalue weighted by molar-refractivity contribution is 6.32. The van der Waals surface area contributed by atoms with E-state index in [9.17, 15) is 4.39 Å². The molecule has 3 nitrogen and oxygen atoms in total. The maximum atomic E-state index is 13.5. The number of aromatic nitrogens is 2. The van der Waals surface area contributed by atoms with Gasteiger partial charge in [-0.15, -0.1) is 0 Å². The van der Waals surface area contributed by atoms with Crippen LogP contribution in [0.5, 0.6) is 0 Å². The van der Waals surface area contributed by atoms with E-state index in [0.29, 0.717) is 16.1 Å². The van der Waals surface area contributed by atoms with E-state index >= 15 is 0 Å². The van der Waals surface area contributed by atoms with Crippen LogP contribution in [0.1, 0.15) is 5.56 Å². The van der Waals surface area contributed by atoms with Crippen molar-refractivity contribution >= 4 is 40.2 Å². The zero-order chi connectivity index (χ0) is 14.4. The average Bonchev–Trinajstić information content (AvgIpc) is 2.69.